The highest BCUT2D eigenvalue weighted by atomic mass is 16.5. The quantitative estimate of drug-likeness (QED) is 0.442. The van der Waals surface area contributed by atoms with Crippen LogP contribution in [0.25, 0.3) is 11.0 Å². The van der Waals surface area contributed by atoms with Crippen LogP contribution in [0.2, 0.25) is 0 Å². The Hall–Kier alpha value is -4.06. The van der Waals surface area contributed by atoms with Crippen LogP contribution in [0.5, 0.6) is 11.5 Å². The summed E-state index contributed by atoms with van der Waals surface area (Å²) in [6, 6.07) is 20.0. The van der Waals surface area contributed by atoms with E-state index in [9.17, 15) is 9.59 Å². The average Bonchev–Trinajstić information content (AvgIpc) is 3.09. The Balaban J connectivity index is 1.52. The smallest absolute Gasteiger partial charge is 0.290 e. The van der Waals surface area contributed by atoms with E-state index in [0.717, 1.165) is 11.1 Å². The third-order valence-corrected chi connectivity index (χ3v) is 6.03. The molecule has 1 aromatic heterocycles. The molecule has 1 aliphatic rings. The first-order valence-corrected chi connectivity index (χ1v) is 10.7. The van der Waals surface area contributed by atoms with Gasteiger partial charge in [-0.25, -0.2) is 0 Å². The normalized spacial score (nSPS) is 15.1. The molecule has 0 N–H and O–H groups in total. The van der Waals surface area contributed by atoms with E-state index in [4.69, 9.17) is 13.9 Å². The first kappa shape index (κ1) is 20.8. The fourth-order valence-corrected chi connectivity index (χ4v) is 4.24. The molecule has 0 radical (unpaired) electrons. The number of carbonyl (C=O) groups is 1. The van der Waals surface area contributed by atoms with Gasteiger partial charge in [-0.3, -0.25) is 9.59 Å². The zero-order chi connectivity index (χ0) is 23.1. The van der Waals surface area contributed by atoms with Crippen LogP contribution in [-0.4, -0.2) is 25.0 Å². The number of benzene rings is 3. The second-order valence-corrected chi connectivity index (χ2v) is 8.17. The zero-order valence-electron chi connectivity index (χ0n) is 18.6. The Bertz CT molecular complexity index is 1420. The maximum absolute atomic E-state index is 13.3. The summed E-state index contributed by atoms with van der Waals surface area (Å²) >= 11 is 0. The van der Waals surface area contributed by atoms with Gasteiger partial charge in [0.05, 0.1) is 24.1 Å². The first-order chi connectivity index (χ1) is 16.0. The van der Waals surface area contributed by atoms with Gasteiger partial charge in [0.25, 0.3) is 5.91 Å². The number of methoxy groups -OCH3 is 1. The maximum atomic E-state index is 13.3. The Morgan fingerprint density at radius 2 is 1.73 bits per heavy atom. The van der Waals surface area contributed by atoms with E-state index in [1.54, 1.807) is 44.5 Å². The summed E-state index contributed by atoms with van der Waals surface area (Å²) in [4.78, 5) is 27.7. The standard InChI is InChI=1S/C27H23NO5/c1-16-8-10-17(11-9-16)15-32-21-13-12-18(14-22(21)31-3)24-23-25(29)19-6-4-5-7-20(19)33-26(23)27(30)28(24)2/h4-14,24H,15H2,1-3H3. The van der Waals surface area contributed by atoms with E-state index in [1.807, 2.05) is 43.3 Å². The van der Waals surface area contributed by atoms with Crippen molar-refractivity contribution in [2.75, 3.05) is 14.2 Å². The van der Waals surface area contributed by atoms with Crippen LogP contribution in [0.4, 0.5) is 0 Å². The molecule has 2 heterocycles. The fraction of sp³-hybridized carbons (Fsp3) is 0.185. The average molecular weight is 441 g/mol. The molecule has 1 unspecified atom stereocenters. The van der Waals surface area contributed by atoms with Crippen molar-refractivity contribution in [1.29, 1.82) is 0 Å². The topological polar surface area (TPSA) is 69.0 Å². The minimum Gasteiger partial charge on any atom is -0.493 e. The van der Waals surface area contributed by atoms with Crippen molar-refractivity contribution in [3.05, 3.63) is 105 Å². The number of fused-ring (bicyclic) bond motifs is 2. The van der Waals surface area contributed by atoms with Crippen molar-refractivity contribution in [1.82, 2.24) is 4.90 Å². The summed E-state index contributed by atoms with van der Waals surface area (Å²) in [5, 5.41) is 0.453. The molecule has 5 rings (SSSR count). The van der Waals surface area contributed by atoms with Crippen LogP contribution in [0, 0.1) is 6.92 Å². The molecule has 6 nitrogen and oxygen atoms in total. The lowest BCUT2D eigenvalue weighted by Crippen LogP contribution is -2.25. The number of para-hydroxylation sites is 1. The number of hydrogen-bond acceptors (Lipinski definition) is 5. The van der Waals surface area contributed by atoms with E-state index >= 15 is 0 Å². The molecule has 33 heavy (non-hydrogen) atoms. The monoisotopic (exact) mass is 441 g/mol. The van der Waals surface area contributed by atoms with Crippen LogP contribution < -0.4 is 14.9 Å². The first-order valence-electron chi connectivity index (χ1n) is 10.7. The fourth-order valence-electron chi connectivity index (χ4n) is 4.24. The van der Waals surface area contributed by atoms with E-state index in [1.165, 1.54) is 10.5 Å². The minimum absolute atomic E-state index is 0.0878. The van der Waals surface area contributed by atoms with E-state index in [0.29, 0.717) is 34.6 Å². The summed E-state index contributed by atoms with van der Waals surface area (Å²) in [7, 11) is 3.23. The summed E-state index contributed by atoms with van der Waals surface area (Å²) in [5.74, 6) is 0.875. The molecule has 0 bridgehead atoms. The largest absolute Gasteiger partial charge is 0.493 e. The number of hydrogen-bond donors (Lipinski definition) is 0. The van der Waals surface area contributed by atoms with Gasteiger partial charge < -0.3 is 18.8 Å². The van der Waals surface area contributed by atoms with Crippen molar-refractivity contribution in [2.45, 2.75) is 19.6 Å². The molecule has 0 aliphatic carbocycles. The molecule has 6 heteroatoms. The van der Waals surface area contributed by atoms with Crippen molar-refractivity contribution in [2.24, 2.45) is 0 Å². The third kappa shape index (κ3) is 3.53. The predicted octanol–water partition coefficient (Wildman–Crippen LogP) is 4.86. The number of rotatable bonds is 5. The predicted molar refractivity (Wildman–Crippen MR) is 125 cm³/mol. The van der Waals surface area contributed by atoms with Gasteiger partial charge in [-0.1, -0.05) is 48.0 Å². The van der Waals surface area contributed by atoms with Gasteiger partial charge in [0.15, 0.2) is 16.9 Å². The SMILES string of the molecule is COc1cc(C2c3c(oc4ccccc4c3=O)C(=O)N2C)ccc1OCc1ccc(C)cc1. The molecule has 0 spiro atoms. The van der Waals surface area contributed by atoms with E-state index < -0.39 is 6.04 Å². The maximum Gasteiger partial charge on any atom is 0.290 e. The lowest BCUT2D eigenvalue weighted by molar-refractivity contribution is 0.0771. The summed E-state index contributed by atoms with van der Waals surface area (Å²) in [6.45, 7) is 2.44. The molecule has 166 valence electrons. The van der Waals surface area contributed by atoms with Crippen LogP contribution in [0.15, 0.2) is 75.9 Å². The highest BCUT2D eigenvalue weighted by Gasteiger charge is 2.40. The van der Waals surface area contributed by atoms with Gasteiger partial charge in [0, 0.05) is 7.05 Å². The number of nitrogens with zero attached hydrogens (tertiary/aromatic N) is 1. The number of carbonyl (C=O) groups excluding carboxylic acids is 1. The summed E-state index contributed by atoms with van der Waals surface area (Å²) in [6.07, 6.45) is 0. The molecule has 0 saturated heterocycles. The van der Waals surface area contributed by atoms with Crippen molar-refractivity contribution in [3.63, 3.8) is 0 Å². The van der Waals surface area contributed by atoms with Gasteiger partial charge in [0.2, 0.25) is 5.76 Å². The molecule has 1 amide bonds. The molecule has 0 saturated carbocycles. The van der Waals surface area contributed by atoms with E-state index in [2.05, 4.69) is 0 Å². The number of amides is 1. The van der Waals surface area contributed by atoms with Crippen LogP contribution in [0.3, 0.4) is 0 Å². The van der Waals surface area contributed by atoms with E-state index in [-0.39, 0.29) is 17.1 Å². The third-order valence-electron chi connectivity index (χ3n) is 6.03. The lowest BCUT2D eigenvalue weighted by Gasteiger charge is -2.21. The summed E-state index contributed by atoms with van der Waals surface area (Å²) in [5.41, 5.74) is 3.53. The molecular weight excluding hydrogens is 418 g/mol. The molecule has 3 aromatic carbocycles. The number of aryl methyl sites for hydroxylation is 1. The Labute approximate surface area is 191 Å². The van der Waals surface area contributed by atoms with Crippen LogP contribution in [0.1, 0.15) is 38.9 Å². The van der Waals surface area contributed by atoms with Crippen LogP contribution >= 0.6 is 0 Å². The summed E-state index contributed by atoms with van der Waals surface area (Å²) < 4.78 is 17.4. The van der Waals surface area contributed by atoms with Gasteiger partial charge in [0.1, 0.15) is 12.2 Å². The van der Waals surface area contributed by atoms with Crippen molar-refractivity contribution >= 4 is 16.9 Å². The van der Waals surface area contributed by atoms with Crippen LogP contribution in [-0.2, 0) is 6.61 Å². The molecule has 0 fully saturated rings. The molecular formula is C27H23NO5. The second kappa shape index (κ2) is 8.13. The molecule has 1 aliphatic heterocycles. The van der Waals surface area contributed by atoms with Crippen molar-refractivity contribution in [3.8, 4) is 11.5 Å². The Morgan fingerprint density at radius 3 is 2.48 bits per heavy atom. The van der Waals surface area contributed by atoms with Gasteiger partial charge in [-0.15, -0.1) is 0 Å². The van der Waals surface area contributed by atoms with Gasteiger partial charge >= 0.3 is 0 Å². The number of ether oxygens (including phenoxy) is 2. The highest BCUT2D eigenvalue weighted by molar-refractivity contribution is 5.98. The van der Waals surface area contributed by atoms with Gasteiger partial charge in [-0.2, -0.15) is 0 Å². The van der Waals surface area contributed by atoms with Gasteiger partial charge in [-0.05, 0) is 42.3 Å². The Kier molecular flexibility index (Phi) is 5.13. The Morgan fingerprint density at radius 1 is 0.970 bits per heavy atom. The second-order valence-electron chi connectivity index (χ2n) is 8.17. The molecule has 1 atom stereocenters. The highest BCUT2D eigenvalue weighted by Crippen LogP contribution is 2.40. The lowest BCUT2D eigenvalue weighted by atomic mass is 9.98. The molecule has 4 aromatic rings. The van der Waals surface area contributed by atoms with Crippen molar-refractivity contribution < 1.29 is 18.7 Å². The minimum atomic E-state index is -0.576. The zero-order valence-corrected chi connectivity index (χ0v) is 18.6.